The maximum absolute atomic E-state index is 9.90. The summed E-state index contributed by atoms with van der Waals surface area (Å²) in [6, 6.07) is 1.82. The van der Waals surface area contributed by atoms with Crippen LogP contribution in [-0.2, 0) is 4.74 Å². The highest BCUT2D eigenvalue weighted by molar-refractivity contribution is 5.53. The van der Waals surface area contributed by atoms with Gasteiger partial charge in [0.1, 0.15) is 11.6 Å². The third-order valence-electron chi connectivity index (χ3n) is 4.91. The first kappa shape index (κ1) is 17.0. The van der Waals surface area contributed by atoms with Gasteiger partial charge >= 0.3 is 0 Å². The minimum absolute atomic E-state index is 0.140. The zero-order valence-electron chi connectivity index (χ0n) is 14.2. The Bertz CT molecular complexity index is 576. The highest BCUT2D eigenvalue weighted by atomic mass is 16.5. The number of anilines is 3. The number of allylic oxidation sites excluding steroid dienone is 1. The van der Waals surface area contributed by atoms with E-state index in [1.165, 1.54) is 0 Å². The SMILES string of the molecule is C=CC[C@]1(CO)CCCN(c2cc(N)nc(N3CCOCC3)n2)C1. The highest BCUT2D eigenvalue weighted by Crippen LogP contribution is 2.35. The Morgan fingerprint density at radius 3 is 2.79 bits per heavy atom. The third kappa shape index (κ3) is 3.62. The molecule has 0 aromatic carbocycles. The van der Waals surface area contributed by atoms with Crippen LogP contribution in [0.2, 0.25) is 0 Å². The third-order valence-corrected chi connectivity index (χ3v) is 4.91. The standard InChI is InChI=1S/C17H27N5O2/c1-2-4-17(13-23)5-3-6-22(12-17)15-11-14(18)19-16(20-15)21-7-9-24-10-8-21/h2,11,23H,1,3-10,12-13H2,(H2,18,19,20)/t17-/m0/s1. The number of rotatable bonds is 5. The molecule has 2 saturated heterocycles. The van der Waals surface area contributed by atoms with Crippen LogP contribution in [0.3, 0.4) is 0 Å². The number of hydrogen-bond acceptors (Lipinski definition) is 7. The molecule has 3 N–H and O–H groups in total. The van der Waals surface area contributed by atoms with Crippen molar-refractivity contribution in [3.63, 3.8) is 0 Å². The lowest BCUT2D eigenvalue weighted by Crippen LogP contribution is -2.46. The van der Waals surface area contributed by atoms with Gasteiger partial charge in [-0.3, -0.25) is 0 Å². The lowest BCUT2D eigenvalue weighted by Gasteiger charge is -2.42. The number of hydrogen-bond donors (Lipinski definition) is 2. The van der Waals surface area contributed by atoms with Crippen molar-refractivity contribution in [2.45, 2.75) is 19.3 Å². The van der Waals surface area contributed by atoms with Gasteiger partial charge < -0.3 is 25.4 Å². The van der Waals surface area contributed by atoms with Crippen molar-refractivity contribution in [1.82, 2.24) is 9.97 Å². The molecule has 2 fully saturated rings. The van der Waals surface area contributed by atoms with Gasteiger partial charge in [0.2, 0.25) is 5.95 Å². The smallest absolute Gasteiger partial charge is 0.229 e. The van der Waals surface area contributed by atoms with Gasteiger partial charge in [-0.2, -0.15) is 9.97 Å². The number of aliphatic hydroxyl groups excluding tert-OH is 1. The highest BCUT2D eigenvalue weighted by Gasteiger charge is 2.34. The summed E-state index contributed by atoms with van der Waals surface area (Å²) in [7, 11) is 0. The Balaban J connectivity index is 1.82. The van der Waals surface area contributed by atoms with Crippen molar-refractivity contribution >= 4 is 17.6 Å². The molecule has 0 unspecified atom stereocenters. The summed E-state index contributed by atoms with van der Waals surface area (Å²) in [5, 5.41) is 9.90. The lowest BCUT2D eigenvalue weighted by atomic mass is 9.78. The maximum Gasteiger partial charge on any atom is 0.229 e. The van der Waals surface area contributed by atoms with Gasteiger partial charge in [0.05, 0.1) is 19.8 Å². The molecule has 2 aliphatic rings. The molecule has 0 amide bonds. The first-order valence-corrected chi connectivity index (χ1v) is 8.60. The summed E-state index contributed by atoms with van der Waals surface area (Å²) in [6.45, 7) is 8.60. The number of nitrogens with two attached hydrogens (primary N) is 1. The van der Waals surface area contributed by atoms with Gasteiger partial charge in [0.15, 0.2) is 0 Å². The van der Waals surface area contributed by atoms with E-state index in [-0.39, 0.29) is 12.0 Å². The van der Waals surface area contributed by atoms with E-state index in [1.54, 1.807) is 0 Å². The molecule has 24 heavy (non-hydrogen) atoms. The molecular formula is C17H27N5O2. The van der Waals surface area contributed by atoms with Crippen LogP contribution in [0.1, 0.15) is 19.3 Å². The van der Waals surface area contributed by atoms with Crippen LogP contribution in [0.25, 0.3) is 0 Å². The first-order valence-electron chi connectivity index (χ1n) is 8.60. The van der Waals surface area contributed by atoms with E-state index in [2.05, 4.69) is 21.4 Å². The van der Waals surface area contributed by atoms with E-state index in [0.717, 1.165) is 51.3 Å². The monoisotopic (exact) mass is 333 g/mol. The number of nitrogens with zero attached hydrogens (tertiary/aromatic N) is 4. The predicted molar refractivity (Wildman–Crippen MR) is 95.3 cm³/mol. The minimum atomic E-state index is -0.140. The zero-order chi connectivity index (χ0) is 17.0. The van der Waals surface area contributed by atoms with E-state index in [0.29, 0.717) is 25.0 Å². The zero-order valence-corrected chi connectivity index (χ0v) is 14.2. The molecule has 1 atom stereocenters. The quantitative estimate of drug-likeness (QED) is 0.779. The van der Waals surface area contributed by atoms with Crippen molar-refractivity contribution in [1.29, 1.82) is 0 Å². The van der Waals surface area contributed by atoms with Gasteiger partial charge in [0.25, 0.3) is 0 Å². The van der Waals surface area contributed by atoms with E-state index in [9.17, 15) is 5.11 Å². The van der Waals surface area contributed by atoms with Crippen molar-refractivity contribution < 1.29 is 9.84 Å². The summed E-state index contributed by atoms with van der Waals surface area (Å²) in [5.41, 5.74) is 5.89. The molecule has 0 radical (unpaired) electrons. The Hall–Kier alpha value is -1.86. The lowest BCUT2D eigenvalue weighted by molar-refractivity contribution is 0.108. The summed E-state index contributed by atoms with van der Waals surface area (Å²) in [5.74, 6) is 1.98. The molecule has 0 bridgehead atoms. The first-order chi connectivity index (χ1) is 11.7. The van der Waals surface area contributed by atoms with Crippen LogP contribution in [0.15, 0.2) is 18.7 Å². The van der Waals surface area contributed by atoms with E-state index >= 15 is 0 Å². The van der Waals surface area contributed by atoms with Gasteiger partial charge in [-0.05, 0) is 19.3 Å². The van der Waals surface area contributed by atoms with Gasteiger partial charge in [0, 0.05) is 37.7 Å². The second-order valence-corrected chi connectivity index (χ2v) is 6.73. The summed E-state index contributed by atoms with van der Waals surface area (Å²) in [4.78, 5) is 13.4. The predicted octanol–water partition coefficient (Wildman–Crippen LogP) is 1.05. The molecular weight excluding hydrogens is 306 g/mol. The fourth-order valence-electron chi connectivity index (χ4n) is 3.58. The molecule has 7 heteroatoms. The molecule has 0 spiro atoms. The van der Waals surface area contributed by atoms with E-state index in [4.69, 9.17) is 15.5 Å². The molecule has 2 aliphatic heterocycles. The van der Waals surface area contributed by atoms with Crippen LogP contribution in [0.5, 0.6) is 0 Å². The Morgan fingerprint density at radius 1 is 1.29 bits per heavy atom. The second kappa shape index (κ2) is 7.36. The average Bonchev–Trinajstić information content (AvgIpc) is 2.62. The topological polar surface area (TPSA) is 87.7 Å². The molecule has 3 rings (SSSR count). The molecule has 1 aromatic rings. The van der Waals surface area contributed by atoms with Crippen molar-refractivity contribution in [3.8, 4) is 0 Å². The summed E-state index contributed by atoms with van der Waals surface area (Å²) in [6.07, 6.45) is 4.72. The van der Waals surface area contributed by atoms with Crippen molar-refractivity contribution in [2.24, 2.45) is 5.41 Å². The van der Waals surface area contributed by atoms with E-state index < -0.39 is 0 Å². The van der Waals surface area contributed by atoms with Crippen molar-refractivity contribution in [3.05, 3.63) is 18.7 Å². The fourth-order valence-corrected chi connectivity index (χ4v) is 3.58. The van der Waals surface area contributed by atoms with E-state index in [1.807, 2.05) is 12.1 Å². The number of nitrogen functional groups attached to an aromatic ring is 1. The molecule has 0 saturated carbocycles. The summed E-state index contributed by atoms with van der Waals surface area (Å²) >= 11 is 0. The number of aliphatic hydroxyl groups is 1. The molecule has 3 heterocycles. The molecule has 1 aromatic heterocycles. The van der Waals surface area contributed by atoms with Crippen LogP contribution < -0.4 is 15.5 Å². The Kier molecular flexibility index (Phi) is 5.20. The van der Waals surface area contributed by atoms with Crippen LogP contribution in [-0.4, -0.2) is 61.1 Å². The van der Waals surface area contributed by atoms with Crippen LogP contribution in [0, 0.1) is 5.41 Å². The molecule has 0 aliphatic carbocycles. The van der Waals surface area contributed by atoms with Gasteiger partial charge in [-0.15, -0.1) is 6.58 Å². The number of aromatic nitrogens is 2. The Labute approximate surface area is 143 Å². The fraction of sp³-hybridized carbons (Fsp3) is 0.647. The Morgan fingerprint density at radius 2 is 2.08 bits per heavy atom. The number of morpholine rings is 1. The molecule has 7 nitrogen and oxygen atoms in total. The van der Waals surface area contributed by atoms with Crippen LogP contribution in [0.4, 0.5) is 17.6 Å². The number of ether oxygens (including phenoxy) is 1. The molecule has 132 valence electrons. The van der Waals surface area contributed by atoms with Crippen molar-refractivity contribution in [2.75, 3.05) is 61.5 Å². The second-order valence-electron chi connectivity index (χ2n) is 6.73. The normalized spacial score (nSPS) is 24.9. The average molecular weight is 333 g/mol. The summed E-state index contributed by atoms with van der Waals surface area (Å²) < 4.78 is 5.39. The van der Waals surface area contributed by atoms with Gasteiger partial charge in [-0.25, -0.2) is 0 Å². The number of piperidine rings is 1. The van der Waals surface area contributed by atoms with Gasteiger partial charge in [-0.1, -0.05) is 6.08 Å². The van der Waals surface area contributed by atoms with Crippen LogP contribution >= 0.6 is 0 Å². The largest absolute Gasteiger partial charge is 0.396 e. The minimum Gasteiger partial charge on any atom is -0.396 e. The maximum atomic E-state index is 9.90.